The summed E-state index contributed by atoms with van der Waals surface area (Å²) >= 11 is 1.52. The second-order valence-corrected chi connectivity index (χ2v) is 12.0. The van der Waals surface area contributed by atoms with Gasteiger partial charge in [0.2, 0.25) is 0 Å². The van der Waals surface area contributed by atoms with Crippen molar-refractivity contribution in [2.45, 2.75) is 96.2 Å². The molecule has 30 heavy (non-hydrogen) atoms. The van der Waals surface area contributed by atoms with E-state index in [1.54, 1.807) is 0 Å². The Balaban J connectivity index is 1.41. The lowest BCUT2D eigenvalue weighted by Crippen LogP contribution is -2.62. The van der Waals surface area contributed by atoms with E-state index in [9.17, 15) is 9.90 Å². The zero-order valence-corrected chi connectivity index (χ0v) is 19.3. The molecule has 5 rings (SSSR count). The lowest BCUT2D eigenvalue weighted by atomic mass is 9.43. The highest BCUT2D eigenvalue weighted by Gasteiger charge is 2.67. The molecular weight excluding hydrogens is 396 g/mol. The highest BCUT2D eigenvalue weighted by molar-refractivity contribution is 7.13. The molecule has 166 valence electrons. The number of thiazole rings is 1. The molecule has 6 heteroatoms. The number of rotatable bonds is 2. The minimum absolute atomic E-state index is 0.0834. The highest BCUT2D eigenvalue weighted by atomic mass is 32.1. The third-order valence-corrected chi connectivity index (χ3v) is 10.7. The van der Waals surface area contributed by atoms with Crippen LogP contribution in [0.25, 0.3) is 0 Å². The first-order valence-electron chi connectivity index (χ1n) is 11.8. The van der Waals surface area contributed by atoms with Crippen LogP contribution in [0, 0.1) is 28.6 Å². The molecule has 1 aromatic heterocycles. The summed E-state index contributed by atoms with van der Waals surface area (Å²) in [5.74, 6) is 1.68. The summed E-state index contributed by atoms with van der Waals surface area (Å²) in [5.41, 5.74) is 6.56. The molecule has 0 saturated heterocycles. The summed E-state index contributed by atoms with van der Waals surface area (Å²) in [5, 5.41) is 15.0. The second-order valence-electron chi connectivity index (χ2n) is 11.1. The summed E-state index contributed by atoms with van der Waals surface area (Å²) < 4.78 is 5.59. The van der Waals surface area contributed by atoms with E-state index >= 15 is 0 Å². The number of ether oxygens (including phenoxy) is 1. The first-order valence-corrected chi connectivity index (χ1v) is 12.7. The SMILES string of the molecule is CC(=O)O[C@H]1CC[C@@]2(C)[C@H](CC[C@@H]3[C@@H]2CC[C@]2(C)[C@@H](c4csc(N)n4)CC[C@]32O)C1. The van der Waals surface area contributed by atoms with Crippen molar-refractivity contribution in [2.24, 2.45) is 28.6 Å². The monoisotopic (exact) mass is 432 g/mol. The lowest BCUT2D eigenvalue weighted by molar-refractivity contribution is -0.207. The topological polar surface area (TPSA) is 85.4 Å². The van der Waals surface area contributed by atoms with E-state index < -0.39 is 5.60 Å². The standard InChI is InChI=1S/C24H36N2O3S/c1-14(27)29-16-6-9-22(2)15(12-16)4-5-18-17(22)7-10-23(3)19(8-11-24(18,23)28)20-13-30-21(25)26-20/h13,15-19,28H,4-12H2,1-3H3,(H2,25,26)/t15-,16+,17+,18-,19-,22+,23-,24+/m1/s1. The number of nitrogen functional groups attached to an aromatic ring is 1. The van der Waals surface area contributed by atoms with Gasteiger partial charge in [-0.25, -0.2) is 4.98 Å². The Kier molecular flexibility index (Phi) is 4.79. The van der Waals surface area contributed by atoms with Crippen LogP contribution in [-0.4, -0.2) is 27.8 Å². The van der Waals surface area contributed by atoms with Gasteiger partial charge in [0.15, 0.2) is 5.13 Å². The van der Waals surface area contributed by atoms with Crippen LogP contribution in [0.4, 0.5) is 5.13 Å². The molecule has 0 aliphatic heterocycles. The molecule has 4 aliphatic rings. The molecular formula is C24H36N2O3S. The Bertz CT molecular complexity index is 842. The number of aromatic nitrogens is 1. The Labute approximate surface area is 183 Å². The van der Waals surface area contributed by atoms with Gasteiger partial charge >= 0.3 is 5.97 Å². The van der Waals surface area contributed by atoms with E-state index in [2.05, 4.69) is 24.2 Å². The molecule has 0 bridgehead atoms. The van der Waals surface area contributed by atoms with Gasteiger partial charge in [-0.15, -0.1) is 11.3 Å². The highest BCUT2D eigenvalue weighted by Crippen LogP contribution is 2.70. The minimum atomic E-state index is -0.611. The van der Waals surface area contributed by atoms with E-state index in [1.165, 1.54) is 24.7 Å². The van der Waals surface area contributed by atoms with E-state index in [0.29, 0.717) is 28.8 Å². The zero-order chi connectivity index (χ0) is 21.3. The maximum Gasteiger partial charge on any atom is 0.302 e. The molecule has 0 aromatic carbocycles. The zero-order valence-electron chi connectivity index (χ0n) is 18.5. The number of nitrogens with zero attached hydrogens (tertiary/aromatic N) is 1. The van der Waals surface area contributed by atoms with Gasteiger partial charge in [-0.05, 0) is 81.0 Å². The summed E-state index contributed by atoms with van der Waals surface area (Å²) in [4.78, 5) is 16.1. The fourth-order valence-electron chi connectivity index (χ4n) is 8.46. The fraction of sp³-hybridized carbons (Fsp3) is 0.833. The molecule has 0 amide bonds. The predicted molar refractivity (Wildman–Crippen MR) is 118 cm³/mol. The fourth-order valence-corrected chi connectivity index (χ4v) is 9.08. The van der Waals surface area contributed by atoms with Crippen molar-refractivity contribution in [1.29, 1.82) is 0 Å². The van der Waals surface area contributed by atoms with Gasteiger partial charge in [-0.3, -0.25) is 4.79 Å². The number of esters is 1. The molecule has 4 aliphatic carbocycles. The van der Waals surface area contributed by atoms with Crippen molar-refractivity contribution in [3.05, 3.63) is 11.1 Å². The van der Waals surface area contributed by atoms with Gasteiger partial charge in [-0.1, -0.05) is 13.8 Å². The average molecular weight is 433 g/mol. The van der Waals surface area contributed by atoms with Crippen molar-refractivity contribution >= 4 is 22.4 Å². The number of fused-ring (bicyclic) bond motifs is 5. The average Bonchev–Trinajstić information content (AvgIpc) is 3.22. The van der Waals surface area contributed by atoms with Gasteiger partial charge in [0.05, 0.1) is 11.3 Å². The molecule has 4 saturated carbocycles. The van der Waals surface area contributed by atoms with E-state index in [4.69, 9.17) is 10.5 Å². The van der Waals surface area contributed by atoms with Crippen LogP contribution in [0.15, 0.2) is 5.38 Å². The molecule has 1 aromatic rings. The summed E-state index contributed by atoms with van der Waals surface area (Å²) in [7, 11) is 0. The van der Waals surface area contributed by atoms with Crippen LogP contribution in [0.2, 0.25) is 0 Å². The Morgan fingerprint density at radius 3 is 2.67 bits per heavy atom. The van der Waals surface area contributed by atoms with E-state index in [0.717, 1.165) is 57.1 Å². The maximum atomic E-state index is 12.3. The van der Waals surface area contributed by atoms with Gasteiger partial charge in [-0.2, -0.15) is 0 Å². The van der Waals surface area contributed by atoms with Gasteiger partial charge in [0.1, 0.15) is 6.10 Å². The van der Waals surface area contributed by atoms with Crippen LogP contribution in [0.5, 0.6) is 0 Å². The Hall–Kier alpha value is -1.14. The van der Waals surface area contributed by atoms with Crippen LogP contribution < -0.4 is 5.73 Å². The predicted octanol–water partition coefficient (Wildman–Crippen LogP) is 4.90. The normalized spacial score (nSPS) is 47.8. The van der Waals surface area contributed by atoms with Crippen molar-refractivity contribution in [1.82, 2.24) is 4.98 Å². The molecule has 4 fully saturated rings. The third-order valence-electron chi connectivity index (χ3n) is 10.0. The summed E-state index contributed by atoms with van der Waals surface area (Å²) in [6, 6.07) is 0. The first-order chi connectivity index (χ1) is 14.2. The quantitative estimate of drug-likeness (QED) is 0.649. The van der Waals surface area contributed by atoms with Crippen molar-refractivity contribution in [3.63, 3.8) is 0 Å². The summed E-state index contributed by atoms with van der Waals surface area (Å²) in [6.45, 7) is 6.31. The number of anilines is 1. The number of carbonyl (C=O) groups is 1. The van der Waals surface area contributed by atoms with Gasteiger partial charge < -0.3 is 15.6 Å². The van der Waals surface area contributed by atoms with Crippen molar-refractivity contribution < 1.29 is 14.6 Å². The largest absolute Gasteiger partial charge is 0.463 e. The second kappa shape index (κ2) is 6.93. The minimum Gasteiger partial charge on any atom is -0.463 e. The van der Waals surface area contributed by atoms with Crippen molar-refractivity contribution in [3.8, 4) is 0 Å². The molecule has 0 radical (unpaired) electrons. The van der Waals surface area contributed by atoms with Crippen LogP contribution in [-0.2, 0) is 9.53 Å². The number of nitrogens with two attached hydrogens (primary N) is 1. The molecule has 1 heterocycles. The van der Waals surface area contributed by atoms with E-state index in [1.807, 2.05) is 0 Å². The molecule has 0 unspecified atom stereocenters. The number of aliphatic hydroxyl groups is 1. The van der Waals surface area contributed by atoms with Crippen LogP contribution in [0.1, 0.15) is 90.2 Å². The van der Waals surface area contributed by atoms with Gasteiger partial charge in [0.25, 0.3) is 0 Å². The molecule has 5 nitrogen and oxygen atoms in total. The van der Waals surface area contributed by atoms with Crippen LogP contribution >= 0.6 is 11.3 Å². The van der Waals surface area contributed by atoms with E-state index in [-0.39, 0.29) is 22.9 Å². The smallest absolute Gasteiger partial charge is 0.302 e. The maximum absolute atomic E-state index is 12.3. The third kappa shape index (κ3) is 2.82. The lowest BCUT2D eigenvalue weighted by Gasteiger charge is -2.63. The Morgan fingerprint density at radius 1 is 1.17 bits per heavy atom. The Morgan fingerprint density at radius 2 is 1.97 bits per heavy atom. The van der Waals surface area contributed by atoms with Crippen molar-refractivity contribution in [2.75, 3.05) is 5.73 Å². The molecule has 3 N–H and O–H groups in total. The first kappa shape index (κ1) is 20.7. The number of hydrogen-bond acceptors (Lipinski definition) is 6. The summed E-state index contributed by atoms with van der Waals surface area (Å²) in [6.07, 6.45) is 9.51. The number of carbonyl (C=O) groups excluding carboxylic acids is 1. The van der Waals surface area contributed by atoms with Gasteiger partial charge in [0, 0.05) is 23.6 Å². The molecule has 8 atom stereocenters. The van der Waals surface area contributed by atoms with Crippen LogP contribution in [0.3, 0.4) is 0 Å². The number of hydrogen-bond donors (Lipinski definition) is 2. The molecule has 0 spiro atoms.